The molecule has 3 aromatic rings. The normalized spacial score (nSPS) is 18.8. The summed E-state index contributed by atoms with van der Waals surface area (Å²) < 4.78 is 40.6. The summed E-state index contributed by atoms with van der Waals surface area (Å²) in [7, 11) is 2.03. The molecule has 0 spiro atoms. The topological polar surface area (TPSA) is 40.9 Å². The fraction of sp³-hybridized carbons (Fsp3) is 0.368. The number of thiazole rings is 1. The molecule has 1 aliphatic rings. The first-order valence-electron chi connectivity index (χ1n) is 8.88. The zero-order valence-corrected chi connectivity index (χ0v) is 16.2. The standard InChI is InChI=1S/C19H19F3N4OS/c1-12-9-25(7-6-24(12)2)17(27)16-11-28-18-23-15(10-26(16)18)13-4-3-5-14(8-13)19(20,21)22/h3-5,8,10-12H,6-7,9H2,1-2H3/t12-/m0/s1. The van der Waals surface area contributed by atoms with Crippen molar-refractivity contribution in [3.05, 3.63) is 47.1 Å². The van der Waals surface area contributed by atoms with Crippen LogP contribution in [0.3, 0.4) is 0 Å². The zero-order valence-electron chi connectivity index (χ0n) is 15.4. The Kier molecular flexibility index (Phi) is 4.67. The Morgan fingerprint density at radius 1 is 1.29 bits per heavy atom. The smallest absolute Gasteiger partial charge is 0.334 e. The van der Waals surface area contributed by atoms with Crippen molar-refractivity contribution in [1.29, 1.82) is 0 Å². The van der Waals surface area contributed by atoms with Crippen LogP contribution >= 0.6 is 11.3 Å². The van der Waals surface area contributed by atoms with Gasteiger partial charge in [-0.15, -0.1) is 11.3 Å². The summed E-state index contributed by atoms with van der Waals surface area (Å²) in [6.45, 7) is 4.17. The van der Waals surface area contributed by atoms with E-state index in [2.05, 4.69) is 16.8 Å². The maximum absolute atomic E-state index is 13.0. The number of piperazine rings is 1. The number of benzene rings is 1. The minimum atomic E-state index is -4.41. The molecule has 2 aromatic heterocycles. The average Bonchev–Trinajstić information content (AvgIpc) is 3.23. The van der Waals surface area contributed by atoms with Gasteiger partial charge in [0, 0.05) is 42.8 Å². The molecule has 148 valence electrons. The highest BCUT2D eigenvalue weighted by molar-refractivity contribution is 7.15. The lowest BCUT2D eigenvalue weighted by Gasteiger charge is -2.37. The van der Waals surface area contributed by atoms with Crippen molar-refractivity contribution in [2.45, 2.75) is 19.1 Å². The van der Waals surface area contributed by atoms with E-state index in [1.165, 1.54) is 17.4 Å². The van der Waals surface area contributed by atoms with Crippen LogP contribution in [0.5, 0.6) is 0 Å². The SMILES string of the molecule is C[C@H]1CN(C(=O)c2csc3nc(-c4cccc(C(F)(F)F)c4)cn23)CCN1C. The summed E-state index contributed by atoms with van der Waals surface area (Å²) in [6, 6.07) is 5.34. The number of carbonyl (C=O) groups is 1. The Labute approximate surface area is 164 Å². The first-order chi connectivity index (χ1) is 13.2. The zero-order chi connectivity index (χ0) is 20.1. The monoisotopic (exact) mass is 408 g/mol. The number of halogens is 3. The summed E-state index contributed by atoms with van der Waals surface area (Å²) in [6.07, 6.45) is -2.78. The van der Waals surface area contributed by atoms with Gasteiger partial charge in [-0.05, 0) is 26.1 Å². The Morgan fingerprint density at radius 3 is 2.79 bits per heavy atom. The highest BCUT2D eigenvalue weighted by Crippen LogP contribution is 2.32. The van der Waals surface area contributed by atoms with Gasteiger partial charge < -0.3 is 9.80 Å². The van der Waals surface area contributed by atoms with Gasteiger partial charge in [0.25, 0.3) is 5.91 Å². The van der Waals surface area contributed by atoms with E-state index in [1.807, 2.05) is 11.9 Å². The Balaban J connectivity index is 1.65. The lowest BCUT2D eigenvalue weighted by molar-refractivity contribution is -0.137. The van der Waals surface area contributed by atoms with Crippen molar-refractivity contribution < 1.29 is 18.0 Å². The number of fused-ring (bicyclic) bond motifs is 1. The maximum Gasteiger partial charge on any atom is 0.416 e. The minimum Gasteiger partial charge on any atom is -0.334 e. The molecule has 0 saturated carbocycles. The van der Waals surface area contributed by atoms with E-state index in [0.717, 1.165) is 18.7 Å². The molecule has 28 heavy (non-hydrogen) atoms. The second-order valence-electron chi connectivity index (χ2n) is 7.06. The largest absolute Gasteiger partial charge is 0.416 e. The molecule has 1 fully saturated rings. The molecule has 0 radical (unpaired) electrons. The number of alkyl halides is 3. The predicted octanol–water partition coefficient (Wildman–Crippen LogP) is 3.86. The van der Waals surface area contributed by atoms with Crippen LogP contribution in [-0.2, 0) is 6.18 Å². The van der Waals surface area contributed by atoms with Crippen molar-refractivity contribution in [2.75, 3.05) is 26.7 Å². The van der Waals surface area contributed by atoms with E-state index in [4.69, 9.17) is 0 Å². The Morgan fingerprint density at radius 2 is 2.07 bits per heavy atom. The van der Waals surface area contributed by atoms with Gasteiger partial charge in [-0.3, -0.25) is 9.20 Å². The van der Waals surface area contributed by atoms with Crippen LogP contribution in [0.15, 0.2) is 35.8 Å². The third-order valence-electron chi connectivity index (χ3n) is 5.16. The van der Waals surface area contributed by atoms with Crippen LogP contribution in [0.2, 0.25) is 0 Å². The number of aromatic nitrogens is 2. The van der Waals surface area contributed by atoms with Gasteiger partial charge in [-0.25, -0.2) is 4.98 Å². The van der Waals surface area contributed by atoms with Crippen molar-refractivity contribution >= 4 is 22.2 Å². The van der Waals surface area contributed by atoms with Crippen LogP contribution in [-0.4, -0.2) is 57.8 Å². The van der Waals surface area contributed by atoms with E-state index in [1.54, 1.807) is 22.0 Å². The van der Waals surface area contributed by atoms with E-state index in [0.29, 0.717) is 35.0 Å². The van der Waals surface area contributed by atoms with Crippen molar-refractivity contribution in [3.63, 3.8) is 0 Å². The molecule has 0 unspecified atom stereocenters. The highest BCUT2D eigenvalue weighted by Gasteiger charge is 2.31. The summed E-state index contributed by atoms with van der Waals surface area (Å²) in [5.74, 6) is -0.0841. The summed E-state index contributed by atoms with van der Waals surface area (Å²) in [4.78, 5) is 22.0. The fourth-order valence-electron chi connectivity index (χ4n) is 3.33. The molecule has 4 rings (SSSR count). The van der Waals surface area contributed by atoms with E-state index < -0.39 is 11.7 Å². The highest BCUT2D eigenvalue weighted by atomic mass is 32.1. The molecule has 1 atom stereocenters. The molecule has 0 bridgehead atoms. The molecule has 1 aromatic carbocycles. The number of hydrogen-bond donors (Lipinski definition) is 0. The predicted molar refractivity (Wildman–Crippen MR) is 102 cm³/mol. The van der Waals surface area contributed by atoms with Gasteiger partial charge in [-0.1, -0.05) is 12.1 Å². The molecular weight excluding hydrogens is 389 g/mol. The van der Waals surface area contributed by atoms with Crippen LogP contribution in [0.25, 0.3) is 16.2 Å². The van der Waals surface area contributed by atoms with Gasteiger partial charge in [0.15, 0.2) is 4.96 Å². The fourth-order valence-corrected chi connectivity index (χ4v) is 4.17. The third kappa shape index (κ3) is 3.40. The Bertz CT molecular complexity index is 1030. The Hall–Kier alpha value is -2.39. The summed E-state index contributed by atoms with van der Waals surface area (Å²) in [5.41, 5.74) is 0.558. The second-order valence-corrected chi connectivity index (χ2v) is 7.90. The number of carbonyl (C=O) groups excluding carboxylic acids is 1. The van der Waals surface area contributed by atoms with E-state index >= 15 is 0 Å². The lowest BCUT2D eigenvalue weighted by atomic mass is 10.1. The summed E-state index contributed by atoms with van der Waals surface area (Å²) in [5, 5.41) is 1.75. The molecule has 0 N–H and O–H groups in total. The quantitative estimate of drug-likeness (QED) is 0.647. The first kappa shape index (κ1) is 18.9. The molecule has 9 heteroatoms. The van der Waals surface area contributed by atoms with E-state index in [-0.39, 0.29) is 11.9 Å². The van der Waals surface area contributed by atoms with Crippen LogP contribution < -0.4 is 0 Å². The number of amides is 1. The minimum absolute atomic E-state index is 0.0841. The van der Waals surface area contributed by atoms with Crippen LogP contribution in [0.1, 0.15) is 23.0 Å². The molecule has 0 aliphatic carbocycles. The first-order valence-corrected chi connectivity index (χ1v) is 9.76. The number of imidazole rings is 1. The maximum atomic E-state index is 13.0. The number of nitrogens with zero attached hydrogens (tertiary/aromatic N) is 4. The van der Waals surface area contributed by atoms with Crippen LogP contribution in [0.4, 0.5) is 13.2 Å². The average molecular weight is 408 g/mol. The third-order valence-corrected chi connectivity index (χ3v) is 6.00. The molecule has 5 nitrogen and oxygen atoms in total. The van der Waals surface area contributed by atoms with Gasteiger partial charge in [-0.2, -0.15) is 13.2 Å². The van der Waals surface area contributed by atoms with E-state index in [9.17, 15) is 18.0 Å². The lowest BCUT2D eigenvalue weighted by Crippen LogP contribution is -2.52. The van der Waals surface area contributed by atoms with Crippen molar-refractivity contribution in [3.8, 4) is 11.3 Å². The van der Waals surface area contributed by atoms with Gasteiger partial charge in [0.1, 0.15) is 5.69 Å². The molecule has 1 aliphatic heterocycles. The molecule has 1 amide bonds. The van der Waals surface area contributed by atoms with Crippen molar-refractivity contribution in [1.82, 2.24) is 19.2 Å². The van der Waals surface area contributed by atoms with Crippen LogP contribution in [0, 0.1) is 0 Å². The molecule has 3 heterocycles. The van der Waals surface area contributed by atoms with Crippen molar-refractivity contribution in [2.24, 2.45) is 0 Å². The summed E-state index contributed by atoms with van der Waals surface area (Å²) >= 11 is 1.30. The van der Waals surface area contributed by atoms with Gasteiger partial charge >= 0.3 is 6.18 Å². The number of rotatable bonds is 2. The number of likely N-dealkylation sites (N-methyl/N-ethyl adjacent to an activating group) is 1. The van der Waals surface area contributed by atoms with Gasteiger partial charge in [0.05, 0.1) is 11.3 Å². The van der Waals surface area contributed by atoms with Gasteiger partial charge in [0.2, 0.25) is 0 Å². The molecular formula is C19H19F3N4OS. The molecule has 1 saturated heterocycles. The number of hydrogen-bond acceptors (Lipinski definition) is 4. The second kappa shape index (κ2) is 6.89.